The number of hydrogen-bond donors (Lipinski definition) is 0. The number of halogens is 1. The highest BCUT2D eigenvalue weighted by atomic mass is 35.5. The molecule has 0 radical (unpaired) electrons. The molecule has 4 aliphatic carbocycles. The highest BCUT2D eigenvalue weighted by Gasteiger charge is 2.55. The molecule has 4 fully saturated rings. The highest BCUT2D eigenvalue weighted by Crippen LogP contribution is 2.60. The van der Waals surface area contributed by atoms with Crippen LogP contribution in [-0.4, -0.2) is 29.3 Å². The van der Waals surface area contributed by atoms with Crippen molar-refractivity contribution in [3.63, 3.8) is 0 Å². The van der Waals surface area contributed by atoms with Crippen molar-refractivity contribution in [1.82, 2.24) is 4.90 Å². The molecule has 0 saturated heterocycles. The number of amides is 1. The lowest BCUT2D eigenvalue weighted by Gasteiger charge is -2.57. The molecule has 4 aliphatic rings. The van der Waals surface area contributed by atoms with Crippen LogP contribution in [0.2, 0.25) is 0 Å². The summed E-state index contributed by atoms with van der Waals surface area (Å²) in [6.45, 7) is 5.12. The standard InChI is InChI=1S/C18H30ClNO/c1-3-16(4-2)20(6-5-19)17(21)18-10-13-7-14(11-18)9-15(8-13)12-18/h13-16H,3-12H2,1-2H3. The molecular formula is C18H30ClNO. The van der Waals surface area contributed by atoms with E-state index in [1.54, 1.807) is 0 Å². The van der Waals surface area contributed by atoms with E-state index >= 15 is 0 Å². The van der Waals surface area contributed by atoms with Gasteiger partial charge < -0.3 is 4.90 Å². The van der Waals surface area contributed by atoms with Crippen molar-refractivity contribution in [2.45, 2.75) is 71.3 Å². The quantitative estimate of drug-likeness (QED) is 0.663. The van der Waals surface area contributed by atoms with Gasteiger partial charge >= 0.3 is 0 Å². The summed E-state index contributed by atoms with van der Waals surface area (Å²) in [5, 5.41) is 0. The molecule has 4 rings (SSSR count). The molecule has 4 saturated carbocycles. The number of alkyl halides is 1. The largest absolute Gasteiger partial charge is 0.338 e. The van der Waals surface area contributed by atoms with Gasteiger partial charge in [0.2, 0.25) is 5.91 Å². The highest BCUT2D eigenvalue weighted by molar-refractivity contribution is 6.18. The lowest BCUT2D eigenvalue weighted by molar-refractivity contribution is -0.160. The summed E-state index contributed by atoms with van der Waals surface area (Å²) < 4.78 is 0. The first-order valence-corrected chi connectivity index (χ1v) is 9.52. The maximum atomic E-state index is 13.4. The number of rotatable bonds is 6. The van der Waals surface area contributed by atoms with Crippen LogP contribution in [0, 0.1) is 23.2 Å². The van der Waals surface area contributed by atoms with E-state index in [-0.39, 0.29) is 5.41 Å². The van der Waals surface area contributed by atoms with Crippen LogP contribution in [0.25, 0.3) is 0 Å². The molecule has 4 bridgehead atoms. The van der Waals surface area contributed by atoms with Gasteiger partial charge in [0.15, 0.2) is 0 Å². The van der Waals surface area contributed by atoms with E-state index in [0.29, 0.717) is 17.8 Å². The summed E-state index contributed by atoms with van der Waals surface area (Å²) >= 11 is 6.01. The van der Waals surface area contributed by atoms with Gasteiger partial charge in [-0.15, -0.1) is 11.6 Å². The minimum atomic E-state index is -0.0105. The van der Waals surface area contributed by atoms with Crippen molar-refractivity contribution in [3.8, 4) is 0 Å². The summed E-state index contributed by atoms with van der Waals surface area (Å²) in [7, 11) is 0. The minimum Gasteiger partial charge on any atom is -0.338 e. The van der Waals surface area contributed by atoms with Gasteiger partial charge in [-0.1, -0.05) is 13.8 Å². The third-order valence-corrected chi connectivity index (χ3v) is 6.63. The summed E-state index contributed by atoms with van der Waals surface area (Å²) in [6, 6.07) is 0.379. The van der Waals surface area contributed by atoms with Crippen molar-refractivity contribution < 1.29 is 4.79 Å². The van der Waals surface area contributed by atoms with Crippen molar-refractivity contribution in [2.75, 3.05) is 12.4 Å². The topological polar surface area (TPSA) is 20.3 Å². The molecule has 0 aromatic carbocycles. The first-order valence-electron chi connectivity index (χ1n) is 8.99. The van der Waals surface area contributed by atoms with E-state index in [2.05, 4.69) is 18.7 Å². The Hall–Kier alpha value is -0.240. The van der Waals surface area contributed by atoms with Crippen molar-refractivity contribution >= 4 is 17.5 Å². The Balaban J connectivity index is 1.82. The van der Waals surface area contributed by atoms with Crippen LogP contribution in [0.1, 0.15) is 65.2 Å². The third-order valence-electron chi connectivity index (χ3n) is 6.46. The van der Waals surface area contributed by atoms with Crippen LogP contribution < -0.4 is 0 Å². The Morgan fingerprint density at radius 3 is 1.95 bits per heavy atom. The van der Waals surface area contributed by atoms with E-state index in [9.17, 15) is 4.79 Å². The Bertz CT molecular complexity index is 355. The minimum absolute atomic E-state index is 0.0105. The zero-order valence-electron chi connectivity index (χ0n) is 13.6. The van der Waals surface area contributed by atoms with Crippen LogP contribution >= 0.6 is 11.6 Å². The normalized spacial score (nSPS) is 37.2. The Morgan fingerprint density at radius 2 is 1.57 bits per heavy atom. The summed E-state index contributed by atoms with van der Waals surface area (Å²) in [5.74, 6) is 3.52. The number of carbonyl (C=O) groups is 1. The zero-order chi connectivity index (χ0) is 15.0. The number of hydrogen-bond acceptors (Lipinski definition) is 1. The maximum Gasteiger partial charge on any atom is 0.229 e. The smallest absolute Gasteiger partial charge is 0.229 e. The van der Waals surface area contributed by atoms with Crippen LogP contribution in [0.5, 0.6) is 0 Å². The van der Waals surface area contributed by atoms with E-state index in [4.69, 9.17) is 11.6 Å². The molecule has 0 atom stereocenters. The predicted octanol–water partition coefficient (Wildman–Crippen LogP) is 4.46. The molecule has 0 aromatic heterocycles. The van der Waals surface area contributed by atoms with E-state index in [1.807, 2.05) is 0 Å². The lowest BCUT2D eigenvalue weighted by Crippen LogP contribution is -2.56. The fourth-order valence-electron chi connectivity index (χ4n) is 5.95. The Kier molecular flexibility index (Phi) is 4.55. The molecule has 0 aromatic rings. The summed E-state index contributed by atoms with van der Waals surface area (Å²) in [5.41, 5.74) is -0.0105. The number of nitrogens with zero attached hydrogens (tertiary/aromatic N) is 1. The molecule has 1 amide bonds. The second-order valence-corrected chi connectivity index (χ2v) is 8.23. The molecule has 0 spiro atoms. The summed E-state index contributed by atoms with van der Waals surface area (Å²) in [4.78, 5) is 15.6. The first kappa shape index (κ1) is 15.6. The monoisotopic (exact) mass is 311 g/mol. The van der Waals surface area contributed by atoms with Crippen LogP contribution in [0.3, 0.4) is 0 Å². The maximum absolute atomic E-state index is 13.4. The average Bonchev–Trinajstić information content (AvgIpc) is 2.45. The molecule has 120 valence electrons. The van der Waals surface area contributed by atoms with Crippen LogP contribution in [0.4, 0.5) is 0 Å². The molecule has 2 nitrogen and oxygen atoms in total. The van der Waals surface area contributed by atoms with Gasteiger partial charge in [-0.25, -0.2) is 0 Å². The Morgan fingerprint density at radius 1 is 1.10 bits per heavy atom. The fourth-order valence-corrected chi connectivity index (χ4v) is 6.13. The molecule has 0 aliphatic heterocycles. The molecule has 3 heteroatoms. The van der Waals surface area contributed by atoms with Gasteiger partial charge in [0, 0.05) is 18.5 Å². The second-order valence-electron chi connectivity index (χ2n) is 7.86. The van der Waals surface area contributed by atoms with Crippen molar-refractivity contribution in [3.05, 3.63) is 0 Å². The van der Waals surface area contributed by atoms with Gasteiger partial charge in [0.1, 0.15) is 0 Å². The number of carbonyl (C=O) groups excluding carboxylic acids is 1. The predicted molar refractivity (Wildman–Crippen MR) is 87.4 cm³/mol. The van der Waals surface area contributed by atoms with Crippen LogP contribution in [-0.2, 0) is 4.79 Å². The average molecular weight is 312 g/mol. The molecule has 0 unspecified atom stereocenters. The van der Waals surface area contributed by atoms with Gasteiger partial charge in [-0.3, -0.25) is 4.79 Å². The first-order chi connectivity index (χ1) is 10.1. The van der Waals surface area contributed by atoms with Crippen molar-refractivity contribution in [1.29, 1.82) is 0 Å². The van der Waals surface area contributed by atoms with E-state index in [1.165, 1.54) is 19.3 Å². The van der Waals surface area contributed by atoms with Gasteiger partial charge in [0.05, 0.1) is 5.41 Å². The molecule has 0 heterocycles. The molecule has 21 heavy (non-hydrogen) atoms. The van der Waals surface area contributed by atoms with Gasteiger partial charge in [-0.2, -0.15) is 0 Å². The third kappa shape index (κ3) is 2.73. The van der Waals surface area contributed by atoms with Crippen LogP contribution in [0.15, 0.2) is 0 Å². The summed E-state index contributed by atoms with van der Waals surface area (Å²) in [6.07, 6.45) is 9.77. The SMILES string of the molecule is CCC(CC)N(CCCl)C(=O)C12CC3CC(CC(C3)C1)C2. The van der Waals surface area contributed by atoms with Gasteiger partial charge in [-0.05, 0) is 69.1 Å². The second kappa shape index (κ2) is 6.10. The van der Waals surface area contributed by atoms with E-state index in [0.717, 1.165) is 56.4 Å². The molecular weight excluding hydrogens is 282 g/mol. The molecule has 0 N–H and O–H groups in total. The van der Waals surface area contributed by atoms with Gasteiger partial charge in [0.25, 0.3) is 0 Å². The lowest BCUT2D eigenvalue weighted by atomic mass is 9.49. The van der Waals surface area contributed by atoms with Crippen molar-refractivity contribution in [2.24, 2.45) is 23.2 Å². The zero-order valence-corrected chi connectivity index (χ0v) is 14.4. The Labute approximate surface area is 134 Å². The fraction of sp³-hybridized carbons (Fsp3) is 0.944. The van der Waals surface area contributed by atoms with E-state index < -0.39 is 0 Å².